The van der Waals surface area contributed by atoms with Gasteiger partial charge in [-0.15, -0.1) is 11.3 Å². The average molecular weight is 698 g/mol. The SMILES string of the molecule is C1=C(c2cccc(-c3ccccc3)c2)CC(C2=NC(c3ccccc3)NC(c3ccc(-c4ccc5ccccc5c4)cc3)=N2)c2c1sc1ccccc21. The van der Waals surface area contributed by atoms with Gasteiger partial charge in [0.05, 0.1) is 0 Å². The summed E-state index contributed by atoms with van der Waals surface area (Å²) in [6.07, 6.45) is 2.96. The zero-order chi connectivity index (χ0) is 35.1. The number of nitrogens with one attached hydrogen (secondary N) is 1. The number of rotatable bonds is 6. The van der Waals surface area contributed by atoms with E-state index in [0.29, 0.717) is 0 Å². The van der Waals surface area contributed by atoms with Crippen LogP contribution in [0.15, 0.2) is 186 Å². The standard InChI is InChI=1S/C49H35N3S/c1-3-12-32(13-4-1)38-18-11-19-39(28-38)41-30-43(46-42-20-9-10-21-44(42)53-45(46)31-41)49-51-47(35-15-5-2-6-16-35)50-48(52-49)36-25-22-34(23-26-36)40-27-24-33-14-7-8-17-37(33)29-40/h1-29,31,43,47H,30H2,(H,50,51,52). The van der Waals surface area contributed by atoms with E-state index in [0.717, 1.165) is 29.2 Å². The zero-order valence-electron chi connectivity index (χ0n) is 29.0. The van der Waals surface area contributed by atoms with Gasteiger partial charge in [-0.1, -0.05) is 158 Å². The van der Waals surface area contributed by atoms with Gasteiger partial charge in [0.15, 0.2) is 0 Å². The van der Waals surface area contributed by atoms with Gasteiger partial charge in [-0.05, 0) is 91.4 Å². The number of amidine groups is 2. The molecule has 0 saturated heterocycles. The average Bonchev–Trinajstić information content (AvgIpc) is 3.62. The Hall–Kier alpha value is -6.36. The molecule has 0 spiro atoms. The molecule has 0 amide bonds. The highest BCUT2D eigenvalue weighted by Gasteiger charge is 2.33. The first-order chi connectivity index (χ1) is 26.2. The highest BCUT2D eigenvalue weighted by molar-refractivity contribution is 7.20. The number of allylic oxidation sites excluding steroid dienone is 1. The highest BCUT2D eigenvalue weighted by atomic mass is 32.1. The molecule has 2 heterocycles. The fourth-order valence-electron chi connectivity index (χ4n) is 7.81. The minimum absolute atomic E-state index is 0.0123. The molecule has 2 unspecified atom stereocenters. The fraction of sp³-hybridized carbons (Fsp3) is 0.0612. The van der Waals surface area contributed by atoms with Crippen molar-refractivity contribution in [1.29, 1.82) is 0 Å². The molecule has 252 valence electrons. The van der Waals surface area contributed by atoms with Crippen LogP contribution >= 0.6 is 11.3 Å². The second kappa shape index (κ2) is 13.3. The Kier molecular flexibility index (Phi) is 7.89. The van der Waals surface area contributed by atoms with E-state index in [9.17, 15) is 0 Å². The molecule has 1 aliphatic carbocycles. The van der Waals surface area contributed by atoms with Crippen LogP contribution in [-0.4, -0.2) is 11.7 Å². The first kappa shape index (κ1) is 31.4. The molecular formula is C49H35N3S. The van der Waals surface area contributed by atoms with Gasteiger partial charge < -0.3 is 5.32 Å². The van der Waals surface area contributed by atoms with Crippen molar-refractivity contribution in [2.45, 2.75) is 18.5 Å². The van der Waals surface area contributed by atoms with Gasteiger partial charge in [-0.2, -0.15) is 0 Å². The molecule has 0 bridgehead atoms. The normalized spacial score (nSPS) is 16.7. The third-order valence-corrected chi connectivity index (χ3v) is 11.6. The van der Waals surface area contributed by atoms with Crippen molar-refractivity contribution in [1.82, 2.24) is 5.32 Å². The fourth-order valence-corrected chi connectivity index (χ4v) is 9.04. The van der Waals surface area contributed by atoms with E-state index >= 15 is 0 Å². The van der Waals surface area contributed by atoms with E-state index in [-0.39, 0.29) is 12.1 Å². The van der Waals surface area contributed by atoms with Crippen molar-refractivity contribution in [3.63, 3.8) is 0 Å². The Bertz CT molecular complexity index is 2720. The lowest BCUT2D eigenvalue weighted by atomic mass is 9.81. The monoisotopic (exact) mass is 697 g/mol. The van der Waals surface area contributed by atoms with E-state index < -0.39 is 0 Å². The van der Waals surface area contributed by atoms with Crippen LogP contribution in [0, 0.1) is 0 Å². The third kappa shape index (κ3) is 5.97. The van der Waals surface area contributed by atoms with Crippen LogP contribution in [-0.2, 0) is 0 Å². The molecule has 1 N–H and O–H groups in total. The van der Waals surface area contributed by atoms with Crippen molar-refractivity contribution in [2.24, 2.45) is 9.98 Å². The van der Waals surface area contributed by atoms with Crippen molar-refractivity contribution < 1.29 is 0 Å². The minimum atomic E-state index is -0.261. The number of hydrogen-bond donors (Lipinski definition) is 1. The topological polar surface area (TPSA) is 36.8 Å². The van der Waals surface area contributed by atoms with Gasteiger partial charge in [-0.3, -0.25) is 0 Å². The molecule has 0 radical (unpaired) electrons. The second-order valence-corrected chi connectivity index (χ2v) is 14.9. The van der Waals surface area contributed by atoms with E-state index in [1.807, 2.05) is 11.3 Å². The lowest BCUT2D eigenvalue weighted by Gasteiger charge is -2.29. The van der Waals surface area contributed by atoms with Crippen molar-refractivity contribution in [2.75, 3.05) is 0 Å². The summed E-state index contributed by atoms with van der Waals surface area (Å²) in [6, 6.07) is 62.9. The van der Waals surface area contributed by atoms with Crippen LogP contribution in [0.4, 0.5) is 0 Å². The molecule has 3 nitrogen and oxygen atoms in total. The lowest BCUT2D eigenvalue weighted by molar-refractivity contribution is 0.663. The summed E-state index contributed by atoms with van der Waals surface area (Å²) in [5, 5.41) is 7.50. The van der Waals surface area contributed by atoms with Crippen LogP contribution in [0.25, 0.3) is 54.8 Å². The molecule has 10 rings (SSSR count). The molecule has 2 aliphatic rings. The first-order valence-electron chi connectivity index (χ1n) is 18.2. The Balaban J connectivity index is 1.07. The van der Waals surface area contributed by atoms with E-state index in [4.69, 9.17) is 9.98 Å². The van der Waals surface area contributed by atoms with Gasteiger partial charge in [0.1, 0.15) is 17.8 Å². The van der Waals surface area contributed by atoms with Crippen molar-refractivity contribution in [3.05, 3.63) is 203 Å². The predicted molar refractivity (Wildman–Crippen MR) is 225 cm³/mol. The molecule has 53 heavy (non-hydrogen) atoms. The molecule has 0 fully saturated rings. The van der Waals surface area contributed by atoms with Crippen LogP contribution in [0.1, 0.15) is 45.6 Å². The Morgan fingerprint density at radius 1 is 0.528 bits per heavy atom. The summed E-state index contributed by atoms with van der Waals surface area (Å²) in [5.41, 5.74) is 10.9. The molecule has 0 saturated carbocycles. The van der Waals surface area contributed by atoms with Gasteiger partial charge in [0.25, 0.3) is 0 Å². The van der Waals surface area contributed by atoms with Gasteiger partial charge in [-0.25, -0.2) is 9.98 Å². The largest absolute Gasteiger partial charge is 0.344 e. The van der Waals surface area contributed by atoms with Crippen LogP contribution < -0.4 is 5.32 Å². The Morgan fingerprint density at radius 3 is 2.02 bits per heavy atom. The number of benzene rings is 7. The molecule has 1 aliphatic heterocycles. The summed E-state index contributed by atoms with van der Waals surface area (Å²) in [4.78, 5) is 12.1. The molecule has 7 aromatic carbocycles. The van der Waals surface area contributed by atoms with Crippen molar-refractivity contribution >= 4 is 55.5 Å². The maximum absolute atomic E-state index is 5.42. The number of hydrogen-bond acceptors (Lipinski definition) is 4. The van der Waals surface area contributed by atoms with Gasteiger partial charge >= 0.3 is 0 Å². The molecule has 2 atom stereocenters. The number of aliphatic imine (C=N–C) groups is 2. The lowest BCUT2D eigenvalue weighted by Crippen LogP contribution is -2.35. The van der Waals surface area contributed by atoms with E-state index in [1.165, 1.54) is 64.7 Å². The first-order valence-corrected chi connectivity index (χ1v) is 19.0. The summed E-state index contributed by atoms with van der Waals surface area (Å²) >= 11 is 1.87. The van der Waals surface area contributed by atoms with Crippen LogP contribution in [0.5, 0.6) is 0 Å². The molecule has 8 aromatic rings. The number of thiophene rings is 1. The predicted octanol–water partition coefficient (Wildman–Crippen LogP) is 12.6. The maximum Gasteiger partial charge on any atom is 0.147 e. The summed E-state index contributed by atoms with van der Waals surface area (Å²) in [6.45, 7) is 0. The van der Waals surface area contributed by atoms with Gasteiger partial charge in [0.2, 0.25) is 0 Å². The highest BCUT2D eigenvalue weighted by Crippen LogP contribution is 2.47. The van der Waals surface area contributed by atoms with Crippen LogP contribution in [0.3, 0.4) is 0 Å². The Labute approximate surface area is 313 Å². The number of fused-ring (bicyclic) bond motifs is 4. The van der Waals surface area contributed by atoms with E-state index in [2.05, 4.69) is 187 Å². The molecular weight excluding hydrogens is 663 g/mol. The van der Waals surface area contributed by atoms with E-state index in [1.54, 1.807) is 0 Å². The van der Waals surface area contributed by atoms with Crippen LogP contribution in [0.2, 0.25) is 0 Å². The number of nitrogens with zero attached hydrogens (tertiary/aromatic N) is 2. The third-order valence-electron chi connectivity index (χ3n) is 10.5. The summed E-state index contributed by atoms with van der Waals surface area (Å²) in [5.74, 6) is 1.69. The van der Waals surface area contributed by atoms with Crippen molar-refractivity contribution in [3.8, 4) is 22.3 Å². The Morgan fingerprint density at radius 2 is 1.17 bits per heavy atom. The maximum atomic E-state index is 5.42. The smallest absolute Gasteiger partial charge is 0.147 e. The molecule has 1 aromatic heterocycles. The minimum Gasteiger partial charge on any atom is -0.344 e. The second-order valence-electron chi connectivity index (χ2n) is 13.8. The quantitative estimate of drug-likeness (QED) is 0.184. The van der Waals surface area contributed by atoms with Gasteiger partial charge in [0, 0.05) is 21.1 Å². The summed E-state index contributed by atoms with van der Waals surface area (Å²) in [7, 11) is 0. The molecule has 4 heteroatoms. The summed E-state index contributed by atoms with van der Waals surface area (Å²) < 4.78 is 1.29. The zero-order valence-corrected chi connectivity index (χ0v) is 29.8.